The molecule has 1 saturated carbocycles. The van der Waals surface area contributed by atoms with Gasteiger partial charge < -0.3 is 5.11 Å². The van der Waals surface area contributed by atoms with Crippen molar-refractivity contribution in [3.63, 3.8) is 0 Å². The number of hydrogen-bond donors (Lipinski definition) is 1. The fourth-order valence-electron chi connectivity index (χ4n) is 4.52. The van der Waals surface area contributed by atoms with Crippen molar-refractivity contribution < 1.29 is 9.90 Å². The Balaban J connectivity index is 2.17. The van der Waals surface area contributed by atoms with Crippen molar-refractivity contribution in [2.45, 2.75) is 59.5 Å². The second-order valence-electron chi connectivity index (χ2n) is 7.31. The Hall–Kier alpha value is -0.630. The van der Waals surface area contributed by atoms with Gasteiger partial charge in [0.05, 0.1) is 6.10 Å². The monoisotopic (exact) mass is 234 g/mol. The number of carbonyl (C=O) groups excluding carboxylic acids is 1. The summed E-state index contributed by atoms with van der Waals surface area (Å²) >= 11 is 0. The Kier molecular flexibility index (Phi) is 1.92. The van der Waals surface area contributed by atoms with Crippen LogP contribution in [0.5, 0.6) is 0 Å². The lowest BCUT2D eigenvalue weighted by Gasteiger charge is -2.40. The van der Waals surface area contributed by atoms with Crippen LogP contribution in [-0.4, -0.2) is 17.0 Å². The molecule has 1 N–H and O–H groups in total. The molecule has 2 nitrogen and oxygen atoms in total. The molecule has 0 aliphatic heterocycles. The molecule has 3 aliphatic rings. The topological polar surface area (TPSA) is 37.3 Å². The normalized spacial score (nSPS) is 47.6. The van der Waals surface area contributed by atoms with Gasteiger partial charge in [-0.1, -0.05) is 34.1 Å². The number of Topliss-reactive ketones (excluding diaryl/α,β-unsaturated/α-hetero) is 1. The summed E-state index contributed by atoms with van der Waals surface area (Å²) in [6.07, 6.45) is 3.49. The third kappa shape index (κ3) is 1.04. The lowest BCUT2D eigenvalue weighted by molar-refractivity contribution is -0.126. The van der Waals surface area contributed by atoms with Crippen LogP contribution in [0.3, 0.4) is 0 Å². The zero-order valence-electron chi connectivity index (χ0n) is 11.3. The van der Waals surface area contributed by atoms with Crippen LogP contribution in [0.2, 0.25) is 0 Å². The number of aliphatic hydroxyl groups is 1. The SMILES string of the molecule is CC1(C)CC2=C([C@H]1O)[C@]1(C)CCC[C@]1(C)C2=O. The molecule has 0 radical (unpaired) electrons. The predicted octanol–water partition coefficient (Wildman–Crippen LogP) is 2.85. The van der Waals surface area contributed by atoms with Crippen LogP contribution in [0.15, 0.2) is 11.1 Å². The van der Waals surface area contributed by atoms with Gasteiger partial charge in [-0.25, -0.2) is 0 Å². The summed E-state index contributed by atoms with van der Waals surface area (Å²) in [5.41, 5.74) is 1.59. The van der Waals surface area contributed by atoms with Gasteiger partial charge in [0.25, 0.3) is 0 Å². The summed E-state index contributed by atoms with van der Waals surface area (Å²) in [7, 11) is 0. The second kappa shape index (κ2) is 2.85. The Morgan fingerprint density at radius 2 is 1.71 bits per heavy atom. The molecule has 0 saturated heterocycles. The van der Waals surface area contributed by atoms with E-state index in [1.807, 2.05) is 0 Å². The Bertz CT molecular complexity index is 446. The Labute approximate surface area is 103 Å². The van der Waals surface area contributed by atoms with Crippen LogP contribution in [0.4, 0.5) is 0 Å². The summed E-state index contributed by atoms with van der Waals surface area (Å²) in [4.78, 5) is 12.7. The van der Waals surface area contributed by atoms with Crippen molar-refractivity contribution in [2.24, 2.45) is 16.2 Å². The molecule has 3 aliphatic carbocycles. The van der Waals surface area contributed by atoms with Crippen molar-refractivity contribution in [1.82, 2.24) is 0 Å². The molecule has 0 bridgehead atoms. The molecule has 3 rings (SSSR count). The number of carbonyl (C=O) groups is 1. The van der Waals surface area contributed by atoms with E-state index >= 15 is 0 Å². The van der Waals surface area contributed by atoms with Gasteiger partial charge in [-0.05, 0) is 35.8 Å². The minimum Gasteiger partial charge on any atom is -0.388 e. The smallest absolute Gasteiger partial charge is 0.165 e. The van der Waals surface area contributed by atoms with E-state index in [1.165, 1.54) is 0 Å². The third-order valence-corrected chi connectivity index (χ3v) is 5.91. The Morgan fingerprint density at radius 1 is 1.12 bits per heavy atom. The van der Waals surface area contributed by atoms with E-state index in [2.05, 4.69) is 27.7 Å². The first kappa shape index (κ1) is 11.5. The standard InChI is InChI=1S/C15H22O2/c1-13(2)8-9-10(12(13)17)14(3)6-5-7-15(14,4)11(9)16/h12,17H,5-8H2,1-4H3/t12-,14+,15-/m1/s1. The van der Waals surface area contributed by atoms with Gasteiger partial charge in [-0.3, -0.25) is 4.79 Å². The first-order valence-electron chi connectivity index (χ1n) is 6.70. The highest BCUT2D eigenvalue weighted by Gasteiger charge is 2.65. The quantitative estimate of drug-likeness (QED) is 0.699. The first-order chi connectivity index (χ1) is 7.74. The van der Waals surface area contributed by atoms with Crippen LogP contribution < -0.4 is 0 Å². The molecular weight excluding hydrogens is 212 g/mol. The van der Waals surface area contributed by atoms with Crippen molar-refractivity contribution in [3.8, 4) is 0 Å². The highest BCUT2D eigenvalue weighted by molar-refractivity contribution is 6.05. The average Bonchev–Trinajstić information content (AvgIpc) is 2.70. The molecular formula is C15H22O2. The van der Waals surface area contributed by atoms with E-state index < -0.39 is 6.10 Å². The van der Waals surface area contributed by atoms with E-state index in [-0.39, 0.29) is 16.2 Å². The minimum absolute atomic E-state index is 0.0768. The molecule has 3 atom stereocenters. The lowest BCUT2D eigenvalue weighted by atomic mass is 9.63. The van der Waals surface area contributed by atoms with Gasteiger partial charge in [-0.2, -0.15) is 0 Å². The summed E-state index contributed by atoms with van der Waals surface area (Å²) in [5.74, 6) is 0.331. The summed E-state index contributed by atoms with van der Waals surface area (Å²) in [5, 5.41) is 10.6. The fourth-order valence-corrected chi connectivity index (χ4v) is 4.52. The second-order valence-corrected chi connectivity index (χ2v) is 7.31. The molecule has 2 heteroatoms. The highest BCUT2D eigenvalue weighted by atomic mass is 16.3. The maximum absolute atomic E-state index is 12.7. The van der Waals surface area contributed by atoms with Gasteiger partial charge in [-0.15, -0.1) is 0 Å². The van der Waals surface area contributed by atoms with E-state index in [0.29, 0.717) is 5.78 Å². The summed E-state index contributed by atoms with van der Waals surface area (Å²) < 4.78 is 0. The summed E-state index contributed by atoms with van der Waals surface area (Å²) in [6.45, 7) is 8.45. The van der Waals surface area contributed by atoms with Crippen LogP contribution >= 0.6 is 0 Å². The van der Waals surface area contributed by atoms with Gasteiger partial charge in [0, 0.05) is 10.8 Å². The Morgan fingerprint density at radius 3 is 2.35 bits per heavy atom. The van der Waals surface area contributed by atoms with Crippen LogP contribution in [0, 0.1) is 16.2 Å². The highest BCUT2D eigenvalue weighted by Crippen LogP contribution is 2.68. The number of fused-ring (bicyclic) bond motifs is 2. The van der Waals surface area contributed by atoms with Gasteiger partial charge in [0.2, 0.25) is 0 Å². The number of ketones is 1. The van der Waals surface area contributed by atoms with Gasteiger partial charge >= 0.3 is 0 Å². The van der Waals surface area contributed by atoms with Gasteiger partial charge in [0.15, 0.2) is 5.78 Å². The van der Waals surface area contributed by atoms with E-state index in [4.69, 9.17) is 0 Å². The third-order valence-electron chi connectivity index (χ3n) is 5.91. The molecule has 17 heavy (non-hydrogen) atoms. The van der Waals surface area contributed by atoms with E-state index in [0.717, 1.165) is 36.8 Å². The maximum atomic E-state index is 12.7. The predicted molar refractivity (Wildman–Crippen MR) is 66.5 cm³/mol. The molecule has 0 aromatic heterocycles. The zero-order valence-corrected chi connectivity index (χ0v) is 11.3. The van der Waals surface area contributed by atoms with Crippen molar-refractivity contribution in [2.75, 3.05) is 0 Å². The van der Waals surface area contributed by atoms with E-state index in [1.54, 1.807) is 0 Å². The molecule has 0 aromatic rings. The summed E-state index contributed by atoms with van der Waals surface area (Å²) in [6, 6.07) is 0. The molecule has 0 heterocycles. The zero-order chi connectivity index (χ0) is 12.6. The first-order valence-corrected chi connectivity index (χ1v) is 6.70. The minimum atomic E-state index is -0.425. The lowest BCUT2D eigenvalue weighted by Crippen LogP contribution is -2.41. The van der Waals surface area contributed by atoms with Crippen molar-refractivity contribution in [3.05, 3.63) is 11.1 Å². The number of hydrogen-bond acceptors (Lipinski definition) is 2. The average molecular weight is 234 g/mol. The van der Waals surface area contributed by atoms with Crippen molar-refractivity contribution >= 4 is 5.78 Å². The van der Waals surface area contributed by atoms with Crippen LogP contribution in [-0.2, 0) is 4.79 Å². The molecule has 0 unspecified atom stereocenters. The number of aliphatic hydroxyl groups excluding tert-OH is 1. The number of rotatable bonds is 0. The largest absolute Gasteiger partial charge is 0.388 e. The van der Waals surface area contributed by atoms with E-state index in [9.17, 15) is 9.90 Å². The number of allylic oxidation sites excluding steroid dienone is 1. The molecule has 0 aromatic carbocycles. The van der Waals surface area contributed by atoms with Gasteiger partial charge in [0.1, 0.15) is 0 Å². The fraction of sp³-hybridized carbons (Fsp3) is 0.800. The van der Waals surface area contributed by atoms with Crippen molar-refractivity contribution in [1.29, 1.82) is 0 Å². The molecule has 0 amide bonds. The molecule has 94 valence electrons. The van der Waals surface area contributed by atoms with Crippen LogP contribution in [0.1, 0.15) is 53.4 Å². The molecule has 0 spiro atoms. The van der Waals surface area contributed by atoms with Crippen LogP contribution in [0.25, 0.3) is 0 Å². The molecule has 1 fully saturated rings. The maximum Gasteiger partial charge on any atom is 0.165 e.